The molecule has 86 valence electrons. The summed E-state index contributed by atoms with van der Waals surface area (Å²) < 4.78 is 0. The van der Waals surface area contributed by atoms with E-state index in [-0.39, 0.29) is 0 Å². The number of halogens is 1. The van der Waals surface area contributed by atoms with E-state index in [1.807, 2.05) is 19.1 Å². The van der Waals surface area contributed by atoms with Crippen LogP contribution in [0.3, 0.4) is 0 Å². The van der Waals surface area contributed by atoms with Crippen molar-refractivity contribution in [1.29, 1.82) is 0 Å². The lowest BCUT2D eigenvalue weighted by molar-refractivity contribution is 0.581. The van der Waals surface area contributed by atoms with Gasteiger partial charge >= 0.3 is 0 Å². The summed E-state index contributed by atoms with van der Waals surface area (Å²) in [4.78, 5) is 2.39. The van der Waals surface area contributed by atoms with Crippen LogP contribution in [-0.4, -0.2) is 13.1 Å². The van der Waals surface area contributed by atoms with Gasteiger partial charge in [0.05, 0.1) is 10.7 Å². The van der Waals surface area contributed by atoms with Gasteiger partial charge in [0.15, 0.2) is 0 Å². The number of nitrogens with two attached hydrogens (primary N) is 1. The van der Waals surface area contributed by atoms with Gasteiger partial charge in [-0.05, 0) is 49.3 Å². The third kappa shape index (κ3) is 1.56. The highest BCUT2D eigenvalue weighted by molar-refractivity contribution is 6.33. The van der Waals surface area contributed by atoms with E-state index in [4.69, 9.17) is 17.3 Å². The Hall–Kier alpha value is -0.890. The molecule has 0 amide bonds. The smallest absolute Gasteiger partial charge is 0.0643 e. The Labute approximate surface area is 101 Å². The number of anilines is 2. The van der Waals surface area contributed by atoms with E-state index in [1.165, 1.54) is 19.3 Å². The molecule has 1 aromatic carbocycles. The number of hydrogen-bond donors (Lipinski definition) is 1. The highest BCUT2D eigenvalue weighted by Crippen LogP contribution is 2.54. The zero-order chi connectivity index (χ0) is 11.3. The molecule has 2 fully saturated rings. The average molecular weight is 237 g/mol. The first-order chi connectivity index (χ1) is 7.60. The Bertz CT molecular complexity index is 438. The van der Waals surface area contributed by atoms with E-state index >= 15 is 0 Å². The summed E-state index contributed by atoms with van der Waals surface area (Å²) in [6, 6.07) is 4.00. The first-order valence-corrected chi connectivity index (χ1v) is 6.28. The van der Waals surface area contributed by atoms with Crippen molar-refractivity contribution in [3.8, 4) is 0 Å². The first-order valence-electron chi connectivity index (χ1n) is 5.90. The SMILES string of the molecule is Cc1cc(Cl)c(N2CCC3(CC3)C2)cc1N. The van der Waals surface area contributed by atoms with Gasteiger partial charge in [-0.15, -0.1) is 0 Å². The largest absolute Gasteiger partial charge is 0.398 e. The summed E-state index contributed by atoms with van der Waals surface area (Å²) in [5.74, 6) is 0. The standard InChI is InChI=1S/C13H17ClN2/c1-9-6-10(14)12(7-11(9)15)16-5-4-13(8-16)2-3-13/h6-7H,2-5,8,15H2,1H3. The highest BCUT2D eigenvalue weighted by atomic mass is 35.5. The average Bonchev–Trinajstić information content (AvgIpc) is 2.84. The minimum atomic E-state index is 0.628. The van der Waals surface area contributed by atoms with Crippen molar-refractivity contribution in [2.45, 2.75) is 26.2 Å². The summed E-state index contributed by atoms with van der Waals surface area (Å²) in [7, 11) is 0. The number of nitrogens with zero attached hydrogens (tertiary/aromatic N) is 1. The Balaban J connectivity index is 1.91. The van der Waals surface area contributed by atoms with Crippen LogP contribution in [0.2, 0.25) is 5.02 Å². The fourth-order valence-corrected chi connectivity index (χ4v) is 2.98. The molecule has 0 bridgehead atoms. The van der Waals surface area contributed by atoms with Crippen molar-refractivity contribution >= 4 is 23.0 Å². The molecule has 1 spiro atoms. The molecule has 2 nitrogen and oxygen atoms in total. The van der Waals surface area contributed by atoms with E-state index in [9.17, 15) is 0 Å². The van der Waals surface area contributed by atoms with Crippen LogP contribution in [0.5, 0.6) is 0 Å². The second-order valence-electron chi connectivity index (χ2n) is 5.33. The summed E-state index contributed by atoms with van der Waals surface area (Å²) >= 11 is 6.30. The van der Waals surface area contributed by atoms with Crippen molar-refractivity contribution in [3.05, 3.63) is 22.7 Å². The molecule has 3 rings (SSSR count). The minimum absolute atomic E-state index is 0.628. The molecular weight excluding hydrogens is 220 g/mol. The number of hydrogen-bond acceptors (Lipinski definition) is 2. The first kappa shape index (κ1) is 10.3. The zero-order valence-electron chi connectivity index (χ0n) is 9.59. The van der Waals surface area contributed by atoms with Gasteiger partial charge in [-0.2, -0.15) is 0 Å². The van der Waals surface area contributed by atoms with Gasteiger partial charge in [-0.1, -0.05) is 11.6 Å². The molecule has 1 heterocycles. The molecule has 3 heteroatoms. The Morgan fingerprint density at radius 1 is 1.31 bits per heavy atom. The molecule has 16 heavy (non-hydrogen) atoms. The molecule has 1 aliphatic carbocycles. The third-order valence-electron chi connectivity index (χ3n) is 4.07. The summed E-state index contributed by atoms with van der Waals surface area (Å²) in [6.07, 6.45) is 4.10. The van der Waals surface area contributed by atoms with Crippen molar-refractivity contribution in [2.75, 3.05) is 23.7 Å². The normalized spacial score (nSPS) is 21.8. The molecule has 0 atom stereocenters. The van der Waals surface area contributed by atoms with Crippen LogP contribution in [0.15, 0.2) is 12.1 Å². The van der Waals surface area contributed by atoms with Crippen LogP contribution in [0.4, 0.5) is 11.4 Å². The quantitative estimate of drug-likeness (QED) is 0.759. The molecule has 1 aliphatic heterocycles. The molecule has 1 saturated carbocycles. The molecule has 0 radical (unpaired) electrons. The fraction of sp³-hybridized carbons (Fsp3) is 0.538. The van der Waals surface area contributed by atoms with Gasteiger partial charge in [-0.3, -0.25) is 0 Å². The number of aryl methyl sites for hydroxylation is 1. The Kier molecular flexibility index (Phi) is 2.12. The van der Waals surface area contributed by atoms with Gasteiger partial charge in [0.1, 0.15) is 0 Å². The van der Waals surface area contributed by atoms with Crippen molar-refractivity contribution in [3.63, 3.8) is 0 Å². The fourth-order valence-electron chi connectivity index (χ4n) is 2.65. The molecule has 0 unspecified atom stereocenters. The van der Waals surface area contributed by atoms with Gasteiger partial charge in [-0.25, -0.2) is 0 Å². The van der Waals surface area contributed by atoms with Crippen LogP contribution in [-0.2, 0) is 0 Å². The Morgan fingerprint density at radius 3 is 2.69 bits per heavy atom. The minimum Gasteiger partial charge on any atom is -0.398 e. The van der Waals surface area contributed by atoms with Crippen LogP contribution in [0.1, 0.15) is 24.8 Å². The molecule has 2 N–H and O–H groups in total. The maximum atomic E-state index is 6.30. The van der Waals surface area contributed by atoms with Crippen LogP contribution in [0.25, 0.3) is 0 Å². The highest BCUT2D eigenvalue weighted by Gasteiger charge is 2.47. The predicted octanol–water partition coefficient (Wildman–Crippen LogP) is 3.22. The summed E-state index contributed by atoms with van der Waals surface area (Å²) in [5, 5.41) is 0.837. The molecule has 1 aromatic rings. The molecule has 2 aliphatic rings. The summed E-state index contributed by atoms with van der Waals surface area (Å²) in [5.41, 5.74) is 9.61. The second kappa shape index (κ2) is 3.30. The summed E-state index contributed by atoms with van der Waals surface area (Å²) in [6.45, 7) is 4.29. The van der Waals surface area contributed by atoms with Crippen LogP contribution < -0.4 is 10.6 Å². The van der Waals surface area contributed by atoms with Gasteiger partial charge in [0.2, 0.25) is 0 Å². The predicted molar refractivity (Wildman–Crippen MR) is 69.1 cm³/mol. The van der Waals surface area contributed by atoms with E-state index < -0.39 is 0 Å². The van der Waals surface area contributed by atoms with E-state index in [1.54, 1.807) is 0 Å². The zero-order valence-corrected chi connectivity index (χ0v) is 10.3. The Morgan fingerprint density at radius 2 is 2.06 bits per heavy atom. The molecule has 1 saturated heterocycles. The maximum absolute atomic E-state index is 6.30. The second-order valence-corrected chi connectivity index (χ2v) is 5.74. The van der Waals surface area contributed by atoms with Crippen LogP contribution >= 0.6 is 11.6 Å². The van der Waals surface area contributed by atoms with Crippen LogP contribution in [0, 0.1) is 12.3 Å². The molecular formula is C13H17ClN2. The topological polar surface area (TPSA) is 29.3 Å². The van der Waals surface area contributed by atoms with Crippen molar-refractivity contribution in [1.82, 2.24) is 0 Å². The lowest BCUT2D eigenvalue weighted by Crippen LogP contribution is -2.20. The number of nitrogen functional groups attached to an aromatic ring is 1. The van der Waals surface area contributed by atoms with Gasteiger partial charge in [0, 0.05) is 18.8 Å². The lowest BCUT2D eigenvalue weighted by Gasteiger charge is -2.21. The third-order valence-corrected chi connectivity index (χ3v) is 4.37. The van der Waals surface area contributed by atoms with Crippen molar-refractivity contribution < 1.29 is 0 Å². The van der Waals surface area contributed by atoms with Crippen molar-refractivity contribution in [2.24, 2.45) is 5.41 Å². The van der Waals surface area contributed by atoms with E-state index in [0.717, 1.165) is 35.1 Å². The van der Waals surface area contributed by atoms with Gasteiger partial charge in [0.25, 0.3) is 0 Å². The monoisotopic (exact) mass is 236 g/mol. The lowest BCUT2D eigenvalue weighted by atomic mass is 10.1. The van der Waals surface area contributed by atoms with Gasteiger partial charge < -0.3 is 10.6 Å². The maximum Gasteiger partial charge on any atom is 0.0643 e. The number of rotatable bonds is 1. The van der Waals surface area contributed by atoms with E-state index in [2.05, 4.69) is 4.90 Å². The molecule has 0 aromatic heterocycles. The number of benzene rings is 1. The van der Waals surface area contributed by atoms with E-state index in [0.29, 0.717) is 5.41 Å².